The molecule has 3 nitrogen and oxygen atoms in total. The molecule has 0 aromatic carbocycles. The highest BCUT2D eigenvalue weighted by atomic mass is 16.6. The summed E-state index contributed by atoms with van der Waals surface area (Å²) in [5.41, 5.74) is -0.438. The molecule has 0 aromatic heterocycles. The van der Waals surface area contributed by atoms with E-state index in [-0.39, 0.29) is 0 Å². The molecule has 0 saturated carbocycles. The summed E-state index contributed by atoms with van der Waals surface area (Å²) in [4.78, 5) is 10.4. The van der Waals surface area contributed by atoms with Gasteiger partial charge in [0.1, 0.15) is 5.60 Å². The van der Waals surface area contributed by atoms with Crippen LogP contribution in [-0.4, -0.2) is 17.8 Å². The SMILES string of the molecule is CC(C)(C)OC(=O)C=[NH2+]. The Kier molecular flexibility index (Phi) is 2.37. The van der Waals surface area contributed by atoms with Crippen molar-refractivity contribution in [2.45, 2.75) is 26.4 Å². The Morgan fingerprint density at radius 1 is 1.56 bits per heavy atom. The first-order valence-corrected chi connectivity index (χ1v) is 2.73. The first kappa shape index (κ1) is 8.14. The quantitative estimate of drug-likeness (QED) is 0.371. The van der Waals surface area contributed by atoms with Crippen LogP contribution in [0.3, 0.4) is 0 Å². The highest BCUT2D eigenvalue weighted by Gasteiger charge is 2.15. The molecule has 2 N–H and O–H groups in total. The van der Waals surface area contributed by atoms with Gasteiger partial charge in [0.2, 0.25) is 6.21 Å². The lowest BCUT2D eigenvalue weighted by atomic mass is 10.2. The lowest BCUT2D eigenvalue weighted by molar-refractivity contribution is -0.157. The minimum atomic E-state index is -0.484. The fraction of sp³-hybridized carbons (Fsp3) is 0.667. The normalized spacial score (nSPS) is 10.6. The predicted molar refractivity (Wildman–Crippen MR) is 33.8 cm³/mol. The van der Waals surface area contributed by atoms with E-state index in [0.29, 0.717) is 0 Å². The summed E-state index contributed by atoms with van der Waals surface area (Å²) in [6, 6.07) is 0. The van der Waals surface area contributed by atoms with E-state index < -0.39 is 11.6 Å². The van der Waals surface area contributed by atoms with Gasteiger partial charge in [-0.15, -0.1) is 0 Å². The Balaban J connectivity index is 3.74. The largest absolute Gasteiger partial charge is 0.453 e. The molecule has 0 aliphatic rings. The average molecular weight is 130 g/mol. The molecule has 0 amide bonds. The van der Waals surface area contributed by atoms with Crippen LogP contribution in [0.2, 0.25) is 0 Å². The van der Waals surface area contributed by atoms with Gasteiger partial charge < -0.3 is 4.74 Å². The molecule has 0 aliphatic carbocycles. The van der Waals surface area contributed by atoms with Crippen molar-refractivity contribution in [3.05, 3.63) is 0 Å². The predicted octanol–water partition coefficient (Wildman–Crippen LogP) is -0.842. The molecule has 0 aromatic rings. The van der Waals surface area contributed by atoms with Gasteiger partial charge in [-0.05, 0) is 20.8 Å². The maximum atomic E-state index is 10.4. The van der Waals surface area contributed by atoms with Gasteiger partial charge in [-0.3, -0.25) is 5.41 Å². The first-order valence-electron chi connectivity index (χ1n) is 2.73. The number of rotatable bonds is 1. The fourth-order valence-electron chi connectivity index (χ4n) is 0.336. The van der Waals surface area contributed by atoms with Crippen LogP contribution in [0, 0.1) is 0 Å². The molecular weight excluding hydrogens is 118 g/mol. The zero-order valence-corrected chi connectivity index (χ0v) is 5.97. The van der Waals surface area contributed by atoms with E-state index in [1.165, 1.54) is 0 Å². The zero-order valence-electron chi connectivity index (χ0n) is 5.97. The average Bonchev–Trinajstić information content (AvgIpc) is 1.62. The van der Waals surface area contributed by atoms with Crippen LogP contribution in [0.4, 0.5) is 0 Å². The van der Waals surface area contributed by atoms with Crippen LogP contribution >= 0.6 is 0 Å². The van der Waals surface area contributed by atoms with Crippen molar-refractivity contribution in [1.29, 1.82) is 0 Å². The molecule has 0 aliphatic heterocycles. The van der Waals surface area contributed by atoms with Crippen molar-refractivity contribution in [3.63, 3.8) is 0 Å². The molecule has 0 atom stereocenters. The monoisotopic (exact) mass is 130 g/mol. The van der Waals surface area contributed by atoms with Crippen LogP contribution in [-0.2, 0) is 9.53 Å². The van der Waals surface area contributed by atoms with Crippen LogP contribution in [0.5, 0.6) is 0 Å². The summed E-state index contributed by atoms with van der Waals surface area (Å²) in [6.45, 7) is 5.36. The van der Waals surface area contributed by atoms with Gasteiger partial charge in [0.25, 0.3) is 0 Å². The molecular formula is C6H12NO2+. The van der Waals surface area contributed by atoms with E-state index in [4.69, 9.17) is 10.1 Å². The van der Waals surface area contributed by atoms with Crippen LogP contribution in [0.15, 0.2) is 0 Å². The van der Waals surface area contributed by atoms with Crippen molar-refractivity contribution >= 4 is 12.2 Å². The molecule has 0 radical (unpaired) electrons. The Morgan fingerprint density at radius 3 is 2.11 bits per heavy atom. The van der Waals surface area contributed by atoms with Gasteiger partial charge in [0.15, 0.2) is 0 Å². The molecule has 0 spiro atoms. The van der Waals surface area contributed by atoms with E-state index in [1.54, 1.807) is 20.8 Å². The van der Waals surface area contributed by atoms with Gasteiger partial charge in [0, 0.05) is 0 Å². The van der Waals surface area contributed by atoms with Crippen molar-refractivity contribution in [3.8, 4) is 0 Å². The molecule has 0 fully saturated rings. The van der Waals surface area contributed by atoms with Crippen LogP contribution < -0.4 is 5.41 Å². The van der Waals surface area contributed by atoms with Gasteiger partial charge >= 0.3 is 5.97 Å². The smallest absolute Gasteiger partial charge is 0.395 e. The minimum Gasteiger partial charge on any atom is -0.453 e. The summed E-state index contributed by atoms with van der Waals surface area (Å²) < 4.78 is 4.77. The third-order valence-electron chi connectivity index (χ3n) is 0.543. The van der Waals surface area contributed by atoms with Crippen molar-refractivity contribution in [2.75, 3.05) is 0 Å². The first-order chi connectivity index (χ1) is 3.95. The Labute approximate surface area is 54.5 Å². The summed E-state index contributed by atoms with van der Waals surface area (Å²) in [6.07, 6.45) is 0.908. The fourth-order valence-corrected chi connectivity index (χ4v) is 0.336. The lowest BCUT2D eigenvalue weighted by Gasteiger charge is -2.16. The third kappa shape index (κ3) is 5.00. The second kappa shape index (κ2) is 2.62. The summed E-state index contributed by atoms with van der Waals surface area (Å²) in [5, 5.41) is 4.88. The number of ether oxygens (including phenoxy) is 1. The molecule has 0 bridgehead atoms. The van der Waals surface area contributed by atoms with E-state index >= 15 is 0 Å². The molecule has 0 rings (SSSR count). The van der Waals surface area contributed by atoms with Crippen molar-refractivity contribution in [2.24, 2.45) is 0 Å². The molecule has 0 saturated heterocycles. The maximum absolute atomic E-state index is 10.4. The zero-order chi connectivity index (χ0) is 7.49. The van der Waals surface area contributed by atoms with Gasteiger partial charge in [-0.25, -0.2) is 4.79 Å². The van der Waals surface area contributed by atoms with Crippen molar-refractivity contribution < 1.29 is 14.9 Å². The third-order valence-corrected chi connectivity index (χ3v) is 0.543. The summed E-state index contributed by atoms with van der Waals surface area (Å²) in [5.74, 6) is -0.484. The highest BCUT2D eigenvalue weighted by Crippen LogP contribution is 2.05. The molecule has 0 heterocycles. The summed E-state index contributed by atoms with van der Waals surface area (Å²) >= 11 is 0. The Bertz CT molecular complexity index is 124. The van der Waals surface area contributed by atoms with Gasteiger partial charge in [-0.1, -0.05) is 0 Å². The van der Waals surface area contributed by atoms with Crippen molar-refractivity contribution in [1.82, 2.24) is 0 Å². The summed E-state index contributed by atoms with van der Waals surface area (Å²) in [7, 11) is 0. The number of nitrogens with two attached hydrogens (primary N) is 1. The molecule has 9 heavy (non-hydrogen) atoms. The second-order valence-corrected chi connectivity index (χ2v) is 2.70. The number of hydrogen-bond donors (Lipinski definition) is 1. The standard InChI is InChI=1S/C6H11NO2/c1-6(2,3)9-5(8)4-7/h4,7H,1-3H3/p+1. The topological polar surface area (TPSA) is 51.9 Å². The Morgan fingerprint density at radius 2 is 2.00 bits per heavy atom. The van der Waals surface area contributed by atoms with E-state index in [0.717, 1.165) is 6.21 Å². The van der Waals surface area contributed by atoms with E-state index in [2.05, 4.69) is 0 Å². The van der Waals surface area contributed by atoms with E-state index in [1.807, 2.05) is 0 Å². The lowest BCUT2D eigenvalue weighted by Crippen LogP contribution is -2.37. The molecule has 0 unspecified atom stereocenters. The highest BCUT2D eigenvalue weighted by molar-refractivity contribution is 6.20. The number of esters is 1. The van der Waals surface area contributed by atoms with E-state index in [9.17, 15) is 4.79 Å². The Hall–Kier alpha value is -0.860. The van der Waals surface area contributed by atoms with Gasteiger partial charge in [-0.2, -0.15) is 0 Å². The van der Waals surface area contributed by atoms with Crippen LogP contribution in [0.25, 0.3) is 0 Å². The maximum Gasteiger partial charge on any atom is 0.395 e. The molecule has 52 valence electrons. The minimum absolute atomic E-state index is 0.438. The van der Waals surface area contributed by atoms with Crippen LogP contribution in [0.1, 0.15) is 20.8 Å². The number of carbonyl (C=O) groups excluding carboxylic acids is 1. The second-order valence-electron chi connectivity index (χ2n) is 2.70. The number of carbonyl (C=O) groups is 1. The molecule has 3 heteroatoms. The van der Waals surface area contributed by atoms with Gasteiger partial charge in [0.05, 0.1) is 0 Å². The number of hydrogen-bond acceptors (Lipinski definition) is 2.